The summed E-state index contributed by atoms with van der Waals surface area (Å²) in [6.45, 7) is 3.55. The summed E-state index contributed by atoms with van der Waals surface area (Å²) < 4.78 is 19.0. The molecule has 0 bridgehead atoms. The van der Waals surface area contributed by atoms with Crippen molar-refractivity contribution in [2.45, 2.75) is 25.3 Å². The van der Waals surface area contributed by atoms with E-state index in [1.807, 2.05) is 12.1 Å². The zero-order valence-electron chi connectivity index (χ0n) is 15.1. The summed E-state index contributed by atoms with van der Waals surface area (Å²) in [4.78, 5) is 13.5. The number of aromatic nitrogens is 2. The Labute approximate surface area is 153 Å². The predicted molar refractivity (Wildman–Crippen MR) is 99.9 cm³/mol. The van der Waals surface area contributed by atoms with Gasteiger partial charge in [0.15, 0.2) is 0 Å². The SMILES string of the molecule is COCC1CC2(CCN(c3cccc(F)c3)CC2)CN1c1ncccn1. The first-order valence-electron chi connectivity index (χ1n) is 9.22. The fraction of sp³-hybridized carbons (Fsp3) is 0.500. The Hall–Kier alpha value is -2.21. The highest BCUT2D eigenvalue weighted by Crippen LogP contribution is 2.45. The number of piperidine rings is 1. The zero-order chi connectivity index (χ0) is 18.0. The molecule has 1 aromatic heterocycles. The maximum Gasteiger partial charge on any atom is 0.225 e. The third-order valence-electron chi connectivity index (χ3n) is 5.78. The van der Waals surface area contributed by atoms with Crippen LogP contribution in [0.25, 0.3) is 0 Å². The van der Waals surface area contributed by atoms with Crippen LogP contribution in [-0.4, -0.2) is 49.4 Å². The van der Waals surface area contributed by atoms with E-state index in [1.165, 1.54) is 6.07 Å². The zero-order valence-corrected chi connectivity index (χ0v) is 15.1. The van der Waals surface area contributed by atoms with Crippen LogP contribution in [0.4, 0.5) is 16.0 Å². The van der Waals surface area contributed by atoms with E-state index in [1.54, 1.807) is 31.6 Å². The van der Waals surface area contributed by atoms with Crippen LogP contribution in [0.3, 0.4) is 0 Å². The number of rotatable bonds is 4. The van der Waals surface area contributed by atoms with Crippen molar-refractivity contribution in [2.24, 2.45) is 5.41 Å². The number of anilines is 2. The van der Waals surface area contributed by atoms with Crippen molar-refractivity contribution in [2.75, 3.05) is 43.2 Å². The first kappa shape index (κ1) is 17.2. The molecular weight excluding hydrogens is 331 g/mol. The first-order chi connectivity index (χ1) is 12.7. The molecule has 6 heteroatoms. The maximum absolute atomic E-state index is 13.5. The molecule has 0 amide bonds. The number of nitrogens with zero attached hydrogens (tertiary/aromatic N) is 4. The van der Waals surface area contributed by atoms with Gasteiger partial charge >= 0.3 is 0 Å². The number of halogens is 1. The van der Waals surface area contributed by atoms with Crippen LogP contribution < -0.4 is 9.80 Å². The minimum absolute atomic E-state index is 0.170. The van der Waals surface area contributed by atoms with Crippen LogP contribution in [0, 0.1) is 11.2 Å². The average molecular weight is 356 g/mol. The molecule has 4 rings (SSSR count). The van der Waals surface area contributed by atoms with Gasteiger partial charge in [-0.15, -0.1) is 0 Å². The van der Waals surface area contributed by atoms with E-state index in [9.17, 15) is 4.39 Å². The van der Waals surface area contributed by atoms with E-state index in [0.29, 0.717) is 12.6 Å². The van der Waals surface area contributed by atoms with Crippen molar-refractivity contribution in [3.05, 3.63) is 48.5 Å². The predicted octanol–water partition coefficient (Wildman–Crippen LogP) is 3.13. The first-order valence-corrected chi connectivity index (χ1v) is 9.22. The van der Waals surface area contributed by atoms with Gasteiger partial charge in [0.1, 0.15) is 5.82 Å². The van der Waals surface area contributed by atoms with Crippen molar-refractivity contribution in [3.63, 3.8) is 0 Å². The molecule has 0 radical (unpaired) electrons. The third-order valence-corrected chi connectivity index (χ3v) is 5.78. The third kappa shape index (κ3) is 3.38. The van der Waals surface area contributed by atoms with Crippen LogP contribution in [0.1, 0.15) is 19.3 Å². The molecule has 2 aliphatic heterocycles. The fourth-order valence-corrected chi connectivity index (χ4v) is 4.45. The van der Waals surface area contributed by atoms with Crippen molar-refractivity contribution < 1.29 is 9.13 Å². The van der Waals surface area contributed by atoms with E-state index in [4.69, 9.17) is 4.74 Å². The molecule has 2 aromatic rings. The quantitative estimate of drug-likeness (QED) is 0.842. The molecular formula is C20H25FN4O. The van der Waals surface area contributed by atoms with Crippen LogP contribution in [0.5, 0.6) is 0 Å². The second-order valence-corrected chi connectivity index (χ2v) is 7.46. The van der Waals surface area contributed by atoms with Crippen molar-refractivity contribution in [1.29, 1.82) is 0 Å². The highest BCUT2D eigenvalue weighted by molar-refractivity contribution is 5.47. The Morgan fingerprint density at radius 3 is 2.65 bits per heavy atom. The second kappa shape index (κ2) is 7.19. The number of hydrogen-bond acceptors (Lipinski definition) is 5. The van der Waals surface area contributed by atoms with E-state index in [-0.39, 0.29) is 11.2 Å². The highest BCUT2D eigenvalue weighted by Gasteiger charge is 2.46. The van der Waals surface area contributed by atoms with Gasteiger partial charge in [0.25, 0.3) is 0 Å². The smallest absolute Gasteiger partial charge is 0.225 e. The van der Waals surface area contributed by atoms with Crippen molar-refractivity contribution in [3.8, 4) is 0 Å². The van der Waals surface area contributed by atoms with Gasteiger partial charge in [0.2, 0.25) is 5.95 Å². The lowest BCUT2D eigenvalue weighted by Crippen LogP contribution is -2.42. The molecule has 2 aliphatic rings. The molecule has 1 aromatic carbocycles. The lowest BCUT2D eigenvalue weighted by Gasteiger charge is -2.40. The summed E-state index contributed by atoms with van der Waals surface area (Å²) in [6, 6.07) is 9.06. The summed E-state index contributed by atoms with van der Waals surface area (Å²) in [5.41, 5.74) is 1.24. The van der Waals surface area contributed by atoms with E-state index < -0.39 is 0 Å². The molecule has 0 aliphatic carbocycles. The maximum atomic E-state index is 13.5. The second-order valence-electron chi connectivity index (χ2n) is 7.46. The number of methoxy groups -OCH3 is 1. The molecule has 0 saturated carbocycles. The molecule has 1 atom stereocenters. The lowest BCUT2D eigenvalue weighted by molar-refractivity contribution is 0.166. The van der Waals surface area contributed by atoms with Gasteiger partial charge in [0, 0.05) is 44.8 Å². The Morgan fingerprint density at radius 2 is 1.96 bits per heavy atom. The van der Waals surface area contributed by atoms with Gasteiger partial charge in [-0.25, -0.2) is 14.4 Å². The Morgan fingerprint density at radius 1 is 1.19 bits per heavy atom. The summed E-state index contributed by atoms with van der Waals surface area (Å²) in [7, 11) is 1.75. The average Bonchev–Trinajstić information content (AvgIpc) is 3.01. The van der Waals surface area contributed by atoms with Gasteiger partial charge in [-0.05, 0) is 48.9 Å². The van der Waals surface area contributed by atoms with Crippen LogP contribution in [0.15, 0.2) is 42.7 Å². The van der Waals surface area contributed by atoms with Gasteiger partial charge in [-0.3, -0.25) is 0 Å². The van der Waals surface area contributed by atoms with Gasteiger partial charge in [0.05, 0.1) is 12.6 Å². The number of benzene rings is 1. The van der Waals surface area contributed by atoms with Crippen LogP contribution in [0.2, 0.25) is 0 Å². The van der Waals surface area contributed by atoms with E-state index >= 15 is 0 Å². The normalized spacial score (nSPS) is 22.2. The minimum Gasteiger partial charge on any atom is -0.383 e. The van der Waals surface area contributed by atoms with Crippen molar-refractivity contribution in [1.82, 2.24) is 9.97 Å². The Balaban J connectivity index is 1.48. The summed E-state index contributed by atoms with van der Waals surface area (Å²) in [5, 5.41) is 0. The standard InChI is InChI=1S/C20H25FN4O/c1-26-14-18-13-20(15-25(18)19-22-8-3-9-23-19)6-10-24(11-7-20)17-5-2-4-16(21)12-17/h2-5,8-9,12,18H,6-7,10-11,13-15H2,1H3. The minimum atomic E-state index is -0.170. The largest absolute Gasteiger partial charge is 0.383 e. The Kier molecular flexibility index (Phi) is 4.76. The Bertz CT molecular complexity index is 734. The summed E-state index contributed by atoms with van der Waals surface area (Å²) in [5.74, 6) is 0.621. The lowest BCUT2D eigenvalue weighted by atomic mass is 9.76. The van der Waals surface area contributed by atoms with E-state index in [2.05, 4.69) is 19.8 Å². The molecule has 5 nitrogen and oxygen atoms in total. The summed E-state index contributed by atoms with van der Waals surface area (Å²) in [6.07, 6.45) is 6.86. The van der Waals surface area contributed by atoms with Crippen molar-refractivity contribution >= 4 is 11.6 Å². The van der Waals surface area contributed by atoms with Crippen LogP contribution >= 0.6 is 0 Å². The van der Waals surface area contributed by atoms with E-state index in [0.717, 1.165) is 50.5 Å². The molecule has 138 valence electrons. The topological polar surface area (TPSA) is 41.5 Å². The molecule has 1 spiro atoms. The molecule has 1 unspecified atom stereocenters. The van der Waals surface area contributed by atoms with Gasteiger partial charge in [-0.2, -0.15) is 0 Å². The molecule has 26 heavy (non-hydrogen) atoms. The highest BCUT2D eigenvalue weighted by atomic mass is 19.1. The molecule has 3 heterocycles. The molecule has 2 fully saturated rings. The number of ether oxygens (including phenoxy) is 1. The monoisotopic (exact) mass is 356 g/mol. The van der Waals surface area contributed by atoms with Gasteiger partial charge < -0.3 is 14.5 Å². The molecule has 2 saturated heterocycles. The number of hydrogen-bond donors (Lipinski definition) is 0. The fourth-order valence-electron chi connectivity index (χ4n) is 4.45. The van der Waals surface area contributed by atoms with Gasteiger partial charge in [-0.1, -0.05) is 6.07 Å². The van der Waals surface area contributed by atoms with Crippen LogP contribution in [-0.2, 0) is 4.74 Å². The summed E-state index contributed by atoms with van der Waals surface area (Å²) >= 11 is 0. The molecule has 0 N–H and O–H groups in total.